The molecular formula is C55H67N7O12S2. The molecule has 0 radical (unpaired) electrons. The number of hydrogen-bond acceptors (Lipinski definition) is 17. The number of amides is 2. The summed E-state index contributed by atoms with van der Waals surface area (Å²) >= 11 is 2.52. The number of anilines is 1. The Bertz CT molecular complexity index is 3020. The topological polar surface area (TPSA) is 271 Å². The minimum absolute atomic E-state index is 0.0244. The van der Waals surface area contributed by atoms with Crippen molar-refractivity contribution in [3.05, 3.63) is 111 Å². The number of nitrogens with zero attached hydrogens (tertiary/aromatic N) is 4. The monoisotopic (exact) mass is 1080 g/mol. The third-order valence-corrected chi connectivity index (χ3v) is 15.2. The smallest absolute Gasteiger partial charge is 0.436 e. The van der Waals surface area contributed by atoms with E-state index in [0.717, 1.165) is 33.7 Å². The van der Waals surface area contributed by atoms with Crippen molar-refractivity contribution in [2.75, 3.05) is 18.6 Å². The van der Waals surface area contributed by atoms with Gasteiger partial charge in [0.25, 0.3) is 5.91 Å². The van der Waals surface area contributed by atoms with Gasteiger partial charge in [0.15, 0.2) is 16.6 Å². The van der Waals surface area contributed by atoms with Gasteiger partial charge in [0.1, 0.15) is 58.8 Å². The molecule has 0 bridgehead atoms. The second-order valence-electron chi connectivity index (χ2n) is 21.6. The lowest BCUT2D eigenvalue weighted by Gasteiger charge is -2.27. The first-order valence-electron chi connectivity index (χ1n) is 24.8. The number of carbonyl (C=O) groups excluding carboxylic acids is 5. The molecule has 2 aliphatic carbocycles. The molecule has 1 fully saturated rings. The molecule has 1 saturated carbocycles. The van der Waals surface area contributed by atoms with E-state index in [1.54, 1.807) is 72.9 Å². The fraction of sp³-hybridized carbons (Fsp3) is 0.455. The number of hydrogen-bond donors (Lipinski definition) is 4. The molecule has 0 saturated heterocycles. The van der Waals surface area contributed by atoms with E-state index >= 15 is 0 Å². The van der Waals surface area contributed by atoms with Crippen molar-refractivity contribution in [1.82, 2.24) is 14.9 Å². The van der Waals surface area contributed by atoms with Crippen molar-refractivity contribution in [2.24, 2.45) is 27.7 Å². The number of furan rings is 1. The van der Waals surface area contributed by atoms with Crippen LogP contribution < -0.4 is 21.5 Å². The minimum Gasteiger partial charge on any atom is -0.497 e. The molecule has 1 aliphatic heterocycles. The van der Waals surface area contributed by atoms with Crippen LogP contribution in [0.15, 0.2) is 91.6 Å². The zero-order valence-electron chi connectivity index (χ0n) is 44.7. The number of rotatable bonds is 16. The standard InChI is InChI=1S/C55H67N7O12S2/c1-30-22-33-18-21-62(25-37-23-35(27-70-37)46(56)60-51(67)73-53(6,7)8)40(33)17-20-55(30,68)19-16-34-28-75-45-38(31(2)42(34)48(65)71-26-32-12-14-36(69-11)15-13-32)24-41(63)44(45)59-47(64)43(39-29-76-50(57)58-39)61-74-54(9,10)49(66)72-52(3,4)5/h12-15,17-18,20-23,27,29,31,38,44-45,68H,16,19,24-26,28H2,1-11H3,(H2,57,58)(H,59,64)(H2,56,60,67)/b61-43-/t31?,38?,44-,45+,55?/m1/s1. The Hall–Kier alpha value is -6.97. The summed E-state index contributed by atoms with van der Waals surface area (Å²) in [6, 6.07) is 9.80. The molecule has 0 spiro atoms. The number of thiazole rings is 1. The number of fused-ring (bicyclic) bond motifs is 2. The summed E-state index contributed by atoms with van der Waals surface area (Å²) in [6.07, 6.45) is 8.57. The van der Waals surface area contributed by atoms with Crippen LogP contribution in [0.1, 0.15) is 122 Å². The number of ether oxygens (including phenoxy) is 4. The van der Waals surface area contributed by atoms with Crippen molar-refractivity contribution >= 4 is 81.7 Å². The van der Waals surface area contributed by atoms with Crippen LogP contribution in [-0.4, -0.2) is 102 Å². The van der Waals surface area contributed by atoms with E-state index in [1.807, 2.05) is 55.0 Å². The number of aromatic nitrogens is 2. The second-order valence-corrected chi connectivity index (χ2v) is 23.6. The molecule has 406 valence electrons. The minimum atomic E-state index is -1.62. The van der Waals surface area contributed by atoms with Gasteiger partial charge in [0.05, 0.1) is 19.2 Å². The molecule has 5 atom stereocenters. The maximum absolute atomic E-state index is 14.5. The number of aliphatic imine (C=N–C) groups is 1. The molecule has 2 amide bonds. The summed E-state index contributed by atoms with van der Waals surface area (Å²) in [6.45, 7) is 17.3. The first-order chi connectivity index (χ1) is 35.6. The molecule has 19 nitrogen and oxygen atoms in total. The molecular weight excluding hydrogens is 1010 g/mol. The Morgan fingerprint density at radius 2 is 1.75 bits per heavy atom. The Morgan fingerprint density at radius 3 is 2.41 bits per heavy atom. The predicted octanol–water partition coefficient (Wildman–Crippen LogP) is 8.17. The van der Waals surface area contributed by atoms with Crippen molar-refractivity contribution in [3.8, 4) is 5.75 Å². The number of methoxy groups -OCH3 is 1. The highest BCUT2D eigenvalue weighted by molar-refractivity contribution is 8.00. The van der Waals surface area contributed by atoms with Crippen molar-refractivity contribution < 1.29 is 57.3 Å². The second kappa shape index (κ2) is 22.7. The number of nitrogens with two attached hydrogens (primary N) is 2. The van der Waals surface area contributed by atoms with E-state index < -0.39 is 69.5 Å². The van der Waals surface area contributed by atoms with E-state index in [2.05, 4.69) is 20.4 Å². The highest BCUT2D eigenvalue weighted by Gasteiger charge is 2.50. The number of Topliss-reactive ketones (excluding diaryl/α,β-unsaturated/α-hetero) is 1. The van der Waals surface area contributed by atoms with Gasteiger partial charge >= 0.3 is 18.0 Å². The van der Waals surface area contributed by atoms with Crippen LogP contribution in [0, 0.1) is 11.8 Å². The third-order valence-electron chi connectivity index (χ3n) is 13.0. The van der Waals surface area contributed by atoms with Gasteiger partial charge in [-0.3, -0.25) is 9.59 Å². The number of nitrogen functional groups attached to an aromatic ring is 1. The number of aliphatic hydroxyl groups is 1. The quantitative estimate of drug-likeness (QED) is 0.0271. The maximum Gasteiger partial charge on any atom is 0.436 e. The first kappa shape index (κ1) is 56.8. The molecule has 21 heteroatoms. The van der Waals surface area contributed by atoms with Crippen molar-refractivity contribution in [3.63, 3.8) is 0 Å². The van der Waals surface area contributed by atoms with Gasteiger partial charge in [-0.25, -0.2) is 19.4 Å². The number of benzene rings is 1. The lowest BCUT2D eigenvalue weighted by Crippen LogP contribution is -2.47. The summed E-state index contributed by atoms with van der Waals surface area (Å²) in [5.41, 5.74) is 11.9. The molecule has 7 rings (SSSR count). The van der Waals surface area contributed by atoms with Crippen LogP contribution in [-0.2, 0) is 51.4 Å². The van der Waals surface area contributed by atoms with Crippen LogP contribution in [0.5, 0.6) is 5.75 Å². The van der Waals surface area contributed by atoms with E-state index in [4.69, 9.17) is 39.7 Å². The van der Waals surface area contributed by atoms with Gasteiger partial charge in [-0.2, -0.15) is 16.8 Å². The van der Waals surface area contributed by atoms with Gasteiger partial charge in [-0.1, -0.05) is 30.3 Å². The molecule has 4 heterocycles. The number of oxime groups is 1. The average Bonchev–Trinajstić information content (AvgIpc) is 4.11. The van der Waals surface area contributed by atoms with E-state index in [0.29, 0.717) is 34.8 Å². The fourth-order valence-corrected chi connectivity index (χ4v) is 11.2. The number of thioether (sulfide) groups is 1. The summed E-state index contributed by atoms with van der Waals surface area (Å²) in [5.74, 6) is -1.78. The Morgan fingerprint density at radius 1 is 1.04 bits per heavy atom. The molecule has 6 N–H and O–H groups in total. The number of nitrogens with one attached hydrogen (secondary N) is 1. The number of ketones is 1. The van der Waals surface area contributed by atoms with E-state index in [-0.39, 0.29) is 59.8 Å². The third kappa shape index (κ3) is 13.7. The molecule has 3 aromatic heterocycles. The van der Waals surface area contributed by atoms with E-state index in [1.165, 1.54) is 37.3 Å². The summed E-state index contributed by atoms with van der Waals surface area (Å²) < 4.78 is 29.9. The largest absolute Gasteiger partial charge is 0.497 e. The van der Waals surface area contributed by atoms with Crippen molar-refractivity contribution in [1.29, 1.82) is 0 Å². The maximum atomic E-state index is 14.5. The SMILES string of the molecule is COc1ccc(COC(=O)C2=C(CCC3(O)C=Cc4c(ccn4Cc4cc(/C(N)=N/C(=O)OC(C)(C)C)co4)C=C3C)CS[C@H]3C(CC(=O)[C@H]3NC(=O)/C(=N\OC(C)(C)C(=O)OC(C)(C)C)c3csc(N)n3)C2C)cc1. The number of carbonyl (C=O) groups is 5. The Kier molecular flexibility index (Phi) is 17.0. The highest BCUT2D eigenvalue weighted by atomic mass is 32.2. The molecule has 3 aliphatic rings. The highest BCUT2D eigenvalue weighted by Crippen LogP contribution is 2.47. The average molecular weight is 1080 g/mol. The summed E-state index contributed by atoms with van der Waals surface area (Å²) in [4.78, 5) is 82.1. The number of amidine groups is 1. The number of esters is 2. The normalized spacial score (nSPS) is 21.2. The molecule has 1 aromatic carbocycles. The van der Waals surface area contributed by atoms with Crippen LogP contribution in [0.3, 0.4) is 0 Å². The van der Waals surface area contributed by atoms with Crippen LogP contribution in [0.4, 0.5) is 9.93 Å². The lowest BCUT2D eigenvalue weighted by molar-refractivity contribution is -0.179. The van der Waals surface area contributed by atoms with Crippen LogP contribution in [0.2, 0.25) is 0 Å². The van der Waals surface area contributed by atoms with Crippen molar-refractivity contribution in [2.45, 2.75) is 135 Å². The van der Waals surface area contributed by atoms with Gasteiger partial charge in [-0.15, -0.1) is 11.3 Å². The Balaban J connectivity index is 1.12. The molecule has 4 aromatic rings. The summed E-state index contributed by atoms with van der Waals surface area (Å²) in [5, 5.41) is 20.7. The predicted molar refractivity (Wildman–Crippen MR) is 290 cm³/mol. The van der Waals surface area contributed by atoms with E-state index in [9.17, 15) is 29.1 Å². The molecule has 76 heavy (non-hydrogen) atoms. The fourth-order valence-electron chi connectivity index (χ4n) is 8.95. The van der Waals surface area contributed by atoms with Gasteiger partial charge in [0, 0.05) is 40.3 Å². The van der Waals surface area contributed by atoms with Crippen LogP contribution >= 0.6 is 23.1 Å². The molecule has 3 unspecified atom stereocenters. The zero-order valence-corrected chi connectivity index (χ0v) is 46.3. The van der Waals surface area contributed by atoms with Gasteiger partial charge in [-0.05, 0) is 146 Å². The van der Waals surface area contributed by atoms with Crippen LogP contribution in [0.25, 0.3) is 12.2 Å². The Labute approximate surface area is 450 Å². The lowest BCUT2D eigenvalue weighted by atomic mass is 9.81. The first-order valence-corrected chi connectivity index (χ1v) is 26.7. The van der Waals surface area contributed by atoms with Gasteiger partial charge < -0.3 is 54.7 Å². The van der Waals surface area contributed by atoms with Gasteiger partial charge in [0.2, 0.25) is 5.60 Å². The summed E-state index contributed by atoms with van der Waals surface area (Å²) in [7, 11) is 1.57. The zero-order chi connectivity index (χ0) is 55.5.